The summed E-state index contributed by atoms with van der Waals surface area (Å²) < 4.78 is 8.21. The molecule has 1 heterocycles. The lowest BCUT2D eigenvalue weighted by Gasteiger charge is -1.96. The second-order valence-corrected chi connectivity index (χ2v) is 3.45. The van der Waals surface area contributed by atoms with Gasteiger partial charge in [0.2, 0.25) is 0 Å². The maximum atomic E-state index is 4.12. The number of hydrogen-bond acceptors (Lipinski definition) is 4. The fraction of sp³-hybridized carbons (Fsp3) is 0.400. The number of nitrogens with zero attached hydrogens (tertiary/aromatic N) is 2. The first-order valence-electron chi connectivity index (χ1n) is 4.71. The molecule has 0 unspecified atom stereocenters. The van der Waals surface area contributed by atoms with Crippen LogP contribution in [0.2, 0.25) is 0 Å². The average Bonchev–Trinajstić information content (AvgIpc) is 2.65. The molecule has 0 bridgehead atoms. The summed E-state index contributed by atoms with van der Waals surface area (Å²) in [6.07, 6.45) is 1.25. The Balaban J connectivity index is 0.000000443. The third-order valence-corrected chi connectivity index (χ3v) is 2.10. The van der Waals surface area contributed by atoms with Crippen LogP contribution in [0.1, 0.15) is 21.7 Å². The Morgan fingerprint density at radius 1 is 1.29 bits per heavy atom. The van der Waals surface area contributed by atoms with Gasteiger partial charge in [0.15, 0.2) is 0 Å². The van der Waals surface area contributed by atoms with Gasteiger partial charge < -0.3 is 5.32 Å². The summed E-state index contributed by atoms with van der Waals surface area (Å²) >= 11 is 1.24. The van der Waals surface area contributed by atoms with Gasteiger partial charge in [-0.05, 0) is 18.2 Å². The maximum Gasteiger partial charge on any atom is 0.106 e. The van der Waals surface area contributed by atoms with Gasteiger partial charge in [-0.1, -0.05) is 20.3 Å². The van der Waals surface area contributed by atoms with Crippen LogP contribution in [0.5, 0.6) is 0 Å². The number of aromatic nitrogens is 2. The molecule has 0 aliphatic carbocycles. The van der Waals surface area contributed by atoms with Gasteiger partial charge in [-0.15, -0.1) is 0 Å². The van der Waals surface area contributed by atoms with Crippen molar-refractivity contribution in [2.75, 3.05) is 12.4 Å². The molecule has 0 aliphatic rings. The first kappa shape index (κ1) is 10.9. The van der Waals surface area contributed by atoms with Crippen molar-refractivity contribution in [2.45, 2.75) is 20.3 Å². The van der Waals surface area contributed by atoms with E-state index in [0.717, 1.165) is 16.7 Å². The van der Waals surface area contributed by atoms with E-state index in [-0.39, 0.29) is 1.43 Å². The molecule has 78 valence electrons. The van der Waals surface area contributed by atoms with Crippen molar-refractivity contribution < 1.29 is 1.43 Å². The van der Waals surface area contributed by atoms with Gasteiger partial charge >= 0.3 is 0 Å². The van der Waals surface area contributed by atoms with Crippen molar-refractivity contribution in [3.05, 3.63) is 18.2 Å². The number of benzene rings is 1. The third kappa shape index (κ3) is 2.67. The normalized spacial score (nSPS) is 9.36. The van der Waals surface area contributed by atoms with Crippen LogP contribution in [0, 0.1) is 0 Å². The van der Waals surface area contributed by atoms with Crippen LogP contribution < -0.4 is 5.32 Å². The molecule has 0 aliphatic heterocycles. The molecular formula is C10H17N3S. The van der Waals surface area contributed by atoms with Crippen molar-refractivity contribution in [3.8, 4) is 0 Å². The Kier molecular flexibility index (Phi) is 4.32. The monoisotopic (exact) mass is 211 g/mol. The molecule has 1 N–H and O–H groups in total. The lowest BCUT2D eigenvalue weighted by atomic mass is 10.3. The summed E-state index contributed by atoms with van der Waals surface area (Å²) in [6, 6.07) is 5.94. The molecule has 0 atom stereocenters. The maximum absolute atomic E-state index is 4.12. The van der Waals surface area contributed by atoms with E-state index in [2.05, 4.69) is 27.9 Å². The van der Waals surface area contributed by atoms with Crippen molar-refractivity contribution in [2.24, 2.45) is 0 Å². The van der Waals surface area contributed by atoms with E-state index in [1.54, 1.807) is 0 Å². The Labute approximate surface area is 90.0 Å². The molecule has 0 amide bonds. The zero-order valence-electron chi connectivity index (χ0n) is 8.74. The van der Waals surface area contributed by atoms with Crippen molar-refractivity contribution in [3.63, 3.8) is 0 Å². The Hall–Kier alpha value is -1.16. The highest BCUT2D eigenvalue weighted by Gasteiger charge is 1.97. The van der Waals surface area contributed by atoms with E-state index in [4.69, 9.17) is 0 Å². The molecule has 0 saturated carbocycles. The van der Waals surface area contributed by atoms with Crippen molar-refractivity contribution in [1.82, 2.24) is 8.75 Å². The predicted molar refractivity (Wildman–Crippen MR) is 65.0 cm³/mol. The van der Waals surface area contributed by atoms with E-state index in [0.29, 0.717) is 0 Å². The second kappa shape index (κ2) is 5.54. The molecule has 4 heteroatoms. The molecule has 1 aromatic carbocycles. The summed E-state index contributed by atoms with van der Waals surface area (Å²) in [5.74, 6) is 0. The zero-order valence-corrected chi connectivity index (χ0v) is 9.56. The van der Waals surface area contributed by atoms with Crippen molar-refractivity contribution in [1.29, 1.82) is 0 Å². The van der Waals surface area contributed by atoms with Crippen LogP contribution in [0.4, 0.5) is 5.69 Å². The van der Waals surface area contributed by atoms with Crippen LogP contribution in [0.3, 0.4) is 0 Å². The lowest BCUT2D eigenvalue weighted by Crippen LogP contribution is -1.86. The Morgan fingerprint density at radius 2 is 1.93 bits per heavy atom. The molecule has 0 spiro atoms. The quantitative estimate of drug-likeness (QED) is 0.785. The minimum atomic E-state index is 0. The topological polar surface area (TPSA) is 37.8 Å². The Morgan fingerprint density at radius 3 is 2.57 bits per heavy atom. The highest BCUT2D eigenvalue weighted by molar-refractivity contribution is 7.00. The Bertz CT molecular complexity index is 389. The summed E-state index contributed by atoms with van der Waals surface area (Å²) in [5, 5.41) is 3.05. The van der Waals surface area contributed by atoms with Gasteiger partial charge in [0.05, 0.1) is 11.7 Å². The lowest BCUT2D eigenvalue weighted by molar-refractivity contribution is 1.09. The number of hydrogen-bond donors (Lipinski definition) is 1. The van der Waals surface area contributed by atoms with Crippen LogP contribution in [-0.2, 0) is 0 Å². The van der Waals surface area contributed by atoms with Crippen LogP contribution in [0.15, 0.2) is 18.2 Å². The number of nitrogens with one attached hydrogen (secondary N) is 1. The van der Waals surface area contributed by atoms with E-state index in [1.165, 1.54) is 18.1 Å². The molecule has 0 radical (unpaired) electrons. The summed E-state index contributed by atoms with van der Waals surface area (Å²) in [5.41, 5.74) is 3.00. The fourth-order valence-corrected chi connectivity index (χ4v) is 1.46. The van der Waals surface area contributed by atoms with E-state index in [1.807, 2.05) is 25.2 Å². The summed E-state index contributed by atoms with van der Waals surface area (Å²) in [4.78, 5) is 0. The number of fused-ring (bicyclic) bond motifs is 1. The SMILES string of the molecule is CCC.CNc1ccc2nsnc2c1.[HH]. The number of rotatable bonds is 1. The molecule has 2 aromatic rings. The van der Waals surface area contributed by atoms with E-state index in [9.17, 15) is 0 Å². The molecule has 14 heavy (non-hydrogen) atoms. The highest BCUT2D eigenvalue weighted by Crippen LogP contribution is 2.15. The predicted octanol–water partition coefficient (Wildman–Crippen LogP) is 3.40. The van der Waals surface area contributed by atoms with E-state index < -0.39 is 0 Å². The fourth-order valence-electron chi connectivity index (χ4n) is 0.938. The molecule has 0 fully saturated rings. The second-order valence-electron chi connectivity index (χ2n) is 2.92. The molecule has 2 rings (SSSR count). The van der Waals surface area contributed by atoms with Crippen LogP contribution in [-0.4, -0.2) is 15.8 Å². The smallest absolute Gasteiger partial charge is 0.106 e. The van der Waals surface area contributed by atoms with Crippen LogP contribution in [0.25, 0.3) is 11.0 Å². The van der Waals surface area contributed by atoms with Gasteiger partial charge in [-0.25, -0.2) is 0 Å². The average molecular weight is 211 g/mol. The first-order valence-corrected chi connectivity index (χ1v) is 5.44. The number of anilines is 1. The first-order chi connectivity index (χ1) is 6.81. The zero-order chi connectivity index (χ0) is 10.4. The minimum absolute atomic E-state index is 0. The van der Waals surface area contributed by atoms with Gasteiger partial charge in [0, 0.05) is 14.2 Å². The van der Waals surface area contributed by atoms with E-state index >= 15 is 0 Å². The molecule has 1 aromatic heterocycles. The summed E-state index contributed by atoms with van der Waals surface area (Å²) in [7, 11) is 1.89. The molecular weight excluding hydrogens is 194 g/mol. The van der Waals surface area contributed by atoms with Gasteiger partial charge in [-0.3, -0.25) is 0 Å². The minimum Gasteiger partial charge on any atom is -0.388 e. The standard InChI is InChI=1S/C7H7N3S.C3H8.H2/c1-8-5-2-3-6-7(4-5)10-11-9-6;1-3-2;/h2-4,8H,1H3;3H2,1-2H3;1H. The van der Waals surface area contributed by atoms with Gasteiger partial charge in [0.25, 0.3) is 0 Å². The largest absolute Gasteiger partial charge is 0.388 e. The van der Waals surface area contributed by atoms with Crippen molar-refractivity contribution >= 4 is 28.4 Å². The highest BCUT2D eigenvalue weighted by atomic mass is 32.1. The summed E-state index contributed by atoms with van der Waals surface area (Å²) in [6.45, 7) is 4.25. The third-order valence-electron chi connectivity index (χ3n) is 1.54. The van der Waals surface area contributed by atoms with Crippen LogP contribution >= 0.6 is 11.7 Å². The van der Waals surface area contributed by atoms with Gasteiger partial charge in [0.1, 0.15) is 11.0 Å². The van der Waals surface area contributed by atoms with Gasteiger partial charge in [-0.2, -0.15) is 8.75 Å². The molecule has 0 saturated heterocycles. The molecule has 3 nitrogen and oxygen atoms in total.